The van der Waals surface area contributed by atoms with E-state index in [4.69, 9.17) is 5.73 Å². The van der Waals surface area contributed by atoms with Gasteiger partial charge in [0.1, 0.15) is 5.82 Å². The van der Waals surface area contributed by atoms with Crippen LogP contribution in [0.1, 0.15) is 32.4 Å². The Labute approximate surface area is 91.3 Å². The van der Waals surface area contributed by atoms with Crippen molar-refractivity contribution in [3.05, 3.63) is 18.1 Å². The Morgan fingerprint density at radius 2 is 2.00 bits per heavy atom. The molecule has 0 amide bonds. The second-order valence-corrected chi connectivity index (χ2v) is 3.66. The molecule has 0 aliphatic rings. The van der Waals surface area contributed by atoms with E-state index < -0.39 is 0 Å². The molecule has 1 aromatic heterocycles. The third-order valence-electron chi connectivity index (χ3n) is 2.64. The van der Waals surface area contributed by atoms with Crippen molar-refractivity contribution in [3.8, 4) is 0 Å². The zero-order valence-electron chi connectivity index (χ0n) is 9.53. The quantitative estimate of drug-likeness (QED) is 0.748. The number of nitrogens with zero attached hydrogens (tertiary/aromatic N) is 2. The van der Waals surface area contributed by atoms with Crippen LogP contribution in [0.3, 0.4) is 0 Å². The molecule has 1 rings (SSSR count). The van der Waals surface area contributed by atoms with Crippen molar-refractivity contribution in [2.24, 2.45) is 11.7 Å². The van der Waals surface area contributed by atoms with Crippen LogP contribution in [-0.2, 0) is 6.54 Å². The second-order valence-electron chi connectivity index (χ2n) is 3.66. The molecule has 0 spiro atoms. The lowest BCUT2D eigenvalue weighted by molar-refractivity contribution is 0.518. The number of anilines is 1. The Bertz CT molecular complexity index is 266. The number of aromatic nitrogens is 2. The highest BCUT2D eigenvalue weighted by atomic mass is 15.0. The first-order chi connectivity index (χ1) is 7.30. The van der Waals surface area contributed by atoms with Crippen LogP contribution in [0.4, 0.5) is 5.82 Å². The summed E-state index contributed by atoms with van der Waals surface area (Å²) < 4.78 is 0. The molecule has 0 aliphatic carbocycles. The molecule has 4 heteroatoms. The maximum absolute atomic E-state index is 5.44. The Hall–Kier alpha value is -1.16. The minimum atomic E-state index is 0.444. The van der Waals surface area contributed by atoms with E-state index in [2.05, 4.69) is 29.1 Å². The third-order valence-corrected chi connectivity index (χ3v) is 2.64. The van der Waals surface area contributed by atoms with Gasteiger partial charge in [0.05, 0.1) is 18.1 Å². The Balaban J connectivity index is 2.43. The molecule has 0 bridgehead atoms. The van der Waals surface area contributed by atoms with Crippen molar-refractivity contribution in [2.45, 2.75) is 33.2 Å². The molecule has 0 atom stereocenters. The number of hydrogen-bond donors (Lipinski definition) is 2. The van der Waals surface area contributed by atoms with Crippen molar-refractivity contribution >= 4 is 5.82 Å². The van der Waals surface area contributed by atoms with Crippen LogP contribution in [0.5, 0.6) is 0 Å². The van der Waals surface area contributed by atoms with E-state index in [1.807, 2.05) is 0 Å². The molecule has 0 saturated carbocycles. The van der Waals surface area contributed by atoms with Gasteiger partial charge in [0.2, 0.25) is 0 Å². The maximum atomic E-state index is 5.44. The van der Waals surface area contributed by atoms with Crippen LogP contribution in [0, 0.1) is 5.92 Å². The molecule has 3 N–H and O–H groups in total. The summed E-state index contributed by atoms with van der Waals surface area (Å²) in [6.07, 6.45) is 5.84. The molecule has 4 nitrogen and oxygen atoms in total. The van der Waals surface area contributed by atoms with Crippen LogP contribution in [0.2, 0.25) is 0 Å². The van der Waals surface area contributed by atoms with E-state index in [0.29, 0.717) is 12.5 Å². The molecule has 15 heavy (non-hydrogen) atoms. The van der Waals surface area contributed by atoms with Gasteiger partial charge in [0, 0.05) is 13.1 Å². The molecule has 0 unspecified atom stereocenters. The molecule has 0 aromatic carbocycles. The lowest BCUT2D eigenvalue weighted by Gasteiger charge is -2.13. The van der Waals surface area contributed by atoms with E-state index >= 15 is 0 Å². The molecule has 1 heterocycles. The Morgan fingerprint density at radius 3 is 2.47 bits per heavy atom. The molecule has 0 radical (unpaired) electrons. The third kappa shape index (κ3) is 3.83. The molecular formula is C11H20N4. The lowest BCUT2D eigenvalue weighted by atomic mass is 10.0. The normalized spacial score (nSPS) is 10.7. The second kappa shape index (κ2) is 6.35. The highest BCUT2D eigenvalue weighted by molar-refractivity contribution is 5.30. The average Bonchev–Trinajstić information content (AvgIpc) is 2.31. The zero-order chi connectivity index (χ0) is 11.1. The fraction of sp³-hybridized carbons (Fsp3) is 0.636. The number of nitrogens with one attached hydrogen (secondary N) is 1. The Kier molecular flexibility index (Phi) is 5.04. The van der Waals surface area contributed by atoms with Crippen LogP contribution < -0.4 is 11.1 Å². The van der Waals surface area contributed by atoms with Crippen LogP contribution in [0.15, 0.2) is 12.4 Å². The maximum Gasteiger partial charge on any atom is 0.144 e. The first-order valence-electron chi connectivity index (χ1n) is 5.55. The van der Waals surface area contributed by atoms with Crippen molar-refractivity contribution in [1.29, 1.82) is 0 Å². The standard InChI is InChI=1S/C11H20N4/c1-3-9(4-2)6-14-11-8-13-10(5-12)7-15-11/h7-9H,3-6,12H2,1-2H3,(H,14,15). The van der Waals surface area contributed by atoms with E-state index in [1.165, 1.54) is 12.8 Å². The highest BCUT2D eigenvalue weighted by Crippen LogP contribution is 2.09. The van der Waals surface area contributed by atoms with Gasteiger partial charge in [-0.15, -0.1) is 0 Å². The van der Waals surface area contributed by atoms with Gasteiger partial charge in [-0.1, -0.05) is 26.7 Å². The molecule has 1 aromatic rings. The highest BCUT2D eigenvalue weighted by Gasteiger charge is 2.03. The molecule has 84 valence electrons. The van der Waals surface area contributed by atoms with E-state index in [-0.39, 0.29) is 0 Å². The first kappa shape index (κ1) is 11.9. The van der Waals surface area contributed by atoms with Gasteiger partial charge in [0.15, 0.2) is 0 Å². The van der Waals surface area contributed by atoms with E-state index in [1.54, 1.807) is 12.4 Å². The monoisotopic (exact) mass is 208 g/mol. The van der Waals surface area contributed by atoms with Crippen LogP contribution in [0.25, 0.3) is 0 Å². The first-order valence-corrected chi connectivity index (χ1v) is 5.55. The minimum absolute atomic E-state index is 0.444. The predicted molar refractivity (Wildman–Crippen MR) is 62.5 cm³/mol. The van der Waals surface area contributed by atoms with Gasteiger partial charge in [-0.2, -0.15) is 0 Å². The minimum Gasteiger partial charge on any atom is -0.369 e. The zero-order valence-corrected chi connectivity index (χ0v) is 9.53. The molecular weight excluding hydrogens is 188 g/mol. The van der Waals surface area contributed by atoms with E-state index in [9.17, 15) is 0 Å². The summed E-state index contributed by atoms with van der Waals surface area (Å²) in [4.78, 5) is 8.41. The van der Waals surface area contributed by atoms with Gasteiger partial charge in [0.25, 0.3) is 0 Å². The molecule has 0 fully saturated rings. The van der Waals surface area contributed by atoms with Crippen molar-refractivity contribution < 1.29 is 0 Å². The van der Waals surface area contributed by atoms with Crippen LogP contribution in [-0.4, -0.2) is 16.5 Å². The average molecular weight is 208 g/mol. The smallest absolute Gasteiger partial charge is 0.144 e. The van der Waals surface area contributed by atoms with Crippen LogP contribution >= 0.6 is 0 Å². The molecule has 0 saturated heterocycles. The summed E-state index contributed by atoms with van der Waals surface area (Å²) in [5.74, 6) is 1.54. The number of nitrogens with two attached hydrogens (primary N) is 1. The fourth-order valence-corrected chi connectivity index (χ4v) is 1.38. The van der Waals surface area contributed by atoms with Gasteiger partial charge < -0.3 is 11.1 Å². The topological polar surface area (TPSA) is 63.8 Å². The summed E-state index contributed by atoms with van der Waals surface area (Å²) in [6, 6.07) is 0. The molecule has 0 aliphatic heterocycles. The van der Waals surface area contributed by atoms with Gasteiger partial charge in [-0.3, -0.25) is 4.98 Å². The van der Waals surface area contributed by atoms with Crippen molar-refractivity contribution in [3.63, 3.8) is 0 Å². The van der Waals surface area contributed by atoms with Crippen molar-refractivity contribution in [2.75, 3.05) is 11.9 Å². The number of hydrogen-bond acceptors (Lipinski definition) is 4. The van der Waals surface area contributed by atoms with Gasteiger partial charge >= 0.3 is 0 Å². The summed E-state index contributed by atoms with van der Waals surface area (Å²) >= 11 is 0. The fourth-order valence-electron chi connectivity index (χ4n) is 1.38. The Morgan fingerprint density at radius 1 is 1.27 bits per heavy atom. The lowest BCUT2D eigenvalue weighted by Crippen LogP contribution is -2.14. The summed E-state index contributed by atoms with van der Waals surface area (Å²) in [5.41, 5.74) is 6.26. The summed E-state index contributed by atoms with van der Waals surface area (Å²) in [5, 5.41) is 3.28. The van der Waals surface area contributed by atoms with Crippen molar-refractivity contribution in [1.82, 2.24) is 9.97 Å². The van der Waals surface area contributed by atoms with E-state index in [0.717, 1.165) is 18.1 Å². The number of rotatable bonds is 6. The van der Waals surface area contributed by atoms with Gasteiger partial charge in [-0.05, 0) is 5.92 Å². The van der Waals surface area contributed by atoms with Gasteiger partial charge in [-0.25, -0.2) is 4.98 Å². The largest absolute Gasteiger partial charge is 0.369 e. The summed E-state index contributed by atoms with van der Waals surface area (Å²) in [7, 11) is 0. The predicted octanol–water partition coefficient (Wildman–Crippen LogP) is 1.78. The SMILES string of the molecule is CCC(CC)CNc1cnc(CN)cn1. The summed E-state index contributed by atoms with van der Waals surface area (Å²) in [6.45, 7) is 5.82.